The quantitative estimate of drug-likeness (QED) is 0.638. The van der Waals surface area contributed by atoms with Crippen molar-refractivity contribution in [3.05, 3.63) is 65.2 Å². The van der Waals surface area contributed by atoms with Gasteiger partial charge in [-0.15, -0.1) is 0 Å². The summed E-state index contributed by atoms with van der Waals surface area (Å²) in [5.41, 5.74) is 2.33. The van der Waals surface area contributed by atoms with Crippen LogP contribution in [0.3, 0.4) is 0 Å². The molecule has 0 unspecified atom stereocenters. The number of aliphatic carboxylic acids is 1. The molecule has 1 heterocycles. The van der Waals surface area contributed by atoms with Crippen LogP contribution < -0.4 is 4.90 Å². The van der Waals surface area contributed by atoms with Crippen molar-refractivity contribution in [3.8, 4) is 0 Å². The van der Waals surface area contributed by atoms with E-state index >= 15 is 0 Å². The van der Waals surface area contributed by atoms with Crippen LogP contribution in [0, 0.1) is 5.92 Å². The number of piperidine rings is 1. The molecular formula is C23H26F3NO2. The number of carboxylic acids is 1. The van der Waals surface area contributed by atoms with E-state index in [-0.39, 0.29) is 18.4 Å². The zero-order chi connectivity index (χ0) is 21.2. The predicted octanol–water partition coefficient (Wildman–Crippen LogP) is 6.26. The Morgan fingerprint density at radius 1 is 1.10 bits per heavy atom. The van der Waals surface area contributed by atoms with Gasteiger partial charge in [-0.3, -0.25) is 4.79 Å². The van der Waals surface area contributed by atoms with Crippen LogP contribution in [0.2, 0.25) is 0 Å². The van der Waals surface area contributed by atoms with Crippen LogP contribution in [0.4, 0.5) is 18.9 Å². The van der Waals surface area contributed by atoms with E-state index in [1.54, 1.807) is 0 Å². The minimum absolute atomic E-state index is 0.00554. The van der Waals surface area contributed by atoms with Gasteiger partial charge in [0, 0.05) is 18.7 Å². The highest BCUT2D eigenvalue weighted by Crippen LogP contribution is 2.40. The van der Waals surface area contributed by atoms with Crippen LogP contribution in [0.1, 0.15) is 61.8 Å². The SMILES string of the molecule is CC(C)c1ccc(N2CC[C@@H](CC(=O)O)C[C@@H]2c2ccc(C(F)(F)F)cc2)cc1. The van der Waals surface area contributed by atoms with Gasteiger partial charge in [-0.2, -0.15) is 13.2 Å². The van der Waals surface area contributed by atoms with Gasteiger partial charge >= 0.3 is 12.1 Å². The van der Waals surface area contributed by atoms with Crippen LogP contribution in [0.25, 0.3) is 0 Å². The van der Waals surface area contributed by atoms with Gasteiger partial charge in [0.25, 0.3) is 0 Å². The molecule has 29 heavy (non-hydrogen) atoms. The molecule has 1 N–H and O–H groups in total. The number of alkyl halides is 3. The van der Waals surface area contributed by atoms with Gasteiger partial charge in [0.15, 0.2) is 0 Å². The smallest absolute Gasteiger partial charge is 0.416 e. The fourth-order valence-electron chi connectivity index (χ4n) is 4.04. The first-order valence-electron chi connectivity index (χ1n) is 9.90. The molecule has 6 heteroatoms. The van der Waals surface area contributed by atoms with E-state index in [2.05, 4.69) is 30.9 Å². The number of halogens is 3. The summed E-state index contributed by atoms with van der Waals surface area (Å²) in [5.74, 6) is -0.419. The number of nitrogens with zero attached hydrogens (tertiary/aromatic N) is 1. The molecule has 2 aromatic carbocycles. The van der Waals surface area contributed by atoms with Crippen molar-refractivity contribution in [1.29, 1.82) is 0 Å². The number of anilines is 1. The van der Waals surface area contributed by atoms with E-state index in [0.717, 1.165) is 29.8 Å². The lowest BCUT2D eigenvalue weighted by Crippen LogP contribution is -2.37. The predicted molar refractivity (Wildman–Crippen MR) is 107 cm³/mol. The normalized spacial score (nSPS) is 20.1. The molecule has 0 spiro atoms. The van der Waals surface area contributed by atoms with Crippen molar-refractivity contribution in [1.82, 2.24) is 0 Å². The summed E-state index contributed by atoms with van der Waals surface area (Å²) < 4.78 is 38.8. The fourth-order valence-corrected chi connectivity index (χ4v) is 4.04. The highest BCUT2D eigenvalue weighted by Gasteiger charge is 2.33. The van der Waals surface area contributed by atoms with Crippen molar-refractivity contribution in [3.63, 3.8) is 0 Å². The average molecular weight is 405 g/mol. The van der Waals surface area contributed by atoms with E-state index < -0.39 is 17.7 Å². The second kappa shape index (κ2) is 8.47. The van der Waals surface area contributed by atoms with Gasteiger partial charge in [-0.05, 0) is 60.1 Å². The second-order valence-electron chi connectivity index (χ2n) is 8.06. The molecule has 0 radical (unpaired) electrons. The van der Waals surface area contributed by atoms with Crippen LogP contribution in [0.15, 0.2) is 48.5 Å². The average Bonchev–Trinajstić information content (AvgIpc) is 2.67. The number of carboxylic acid groups (broad SMARTS) is 1. The van der Waals surface area contributed by atoms with Crippen LogP contribution in [-0.4, -0.2) is 17.6 Å². The minimum atomic E-state index is -4.37. The van der Waals surface area contributed by atoms with Gasteiger partial charge in [-0.1, -0.05) is 38.1 Å². The summed E-state index contributed by atoms with van der Waals surface area (Å²) in [6.07, 6.45) is -2.94. The summed E-state index contributed by atoms with van der Waals surface area (Å²) in [7, 11) is 0. The third kappa shape index (κ3) is 5.11. The molecule has 0 amide bonds. The zero-order valence-corrected chi connectivity index (χ0v) is 16.6. The topological polar surface area (TPSA) is 40.5 Å². The maximum atomic E-state index is 12.9. The van der Waals surface area contributed by atoms with Crippen LogP contribution in [-0.2, 0) is 11.0 Å². The third-order valence-corrected chi connectivity index (χ3v) is 5.69. The Morgan fingerprint density at radius 3 is 2.24 bits per heavy atom. The Labute approximate surface area is 169 Å². The Bertz CT molecular complexity index is 829. The van der Waals surface area contributed by atoms with E-state index in [1.165, 1.54) is 17.7 Å². The third-order valence-electron chi connectivity index (χ3n) is 5.69. The Hall–Kier alpha value is -2.50. The summed E-state index contributed by atoms with van der Waals surface area (Å²) >= 11 is 0. The number of rotatable bonds is 5. The van der Waals surface area contributed by atoms with Crippen molar-refractivity contribution in [2.75, 3.05) is 11.4 Å². The van der Waals surface area contributed by atoms with Gasteiger partial charge < -0.3 is 10.0 Å². The number of benzene rings is 2. The van der Waals surface area contributed by atoms with Crippen LogP contribution >= 0.6 is 0 Å². The number of carbonyl (C=O) groups is 1. The lowest BCUT2D eigenvalue weighted by atomic mass is 9.84. The number of hydrogen-bond acceptors (Lipinski definition) is 2. The molecule has 2 aromatic rings. The summed E-state index contributed by atoms with van der Waals surface area (Å²) in [6, 6.07) is 13.3. The molecule has 0 bridgehead atoms. The van der Waals surface area contributed by atoms with E-state index in [9.17, 15) is 23.1 Å². The lowest BCUT2D eigenvalue weighted by Gasteiger charge is -2.41. The van der Waals surface area contributed by atoms with Gasteiger partial charge in [0.2, 0.25) is 0 Å². The van der Waals surface area contributed by atoms with Crippen molar-refractivity contribution < 1.29 is 23.1 Å². The molecular weight excluding hydrogens is 379 g/mol. The maximum absolute atomic E-state index is 12.9. The van der Waals surface area contributed by atoms with Crippen LogP contribution in [0.5, 0.6) is 0 Å². The maximum Gasteiger partial charge on any atom is 0.416 e. The molecule has 1 aliphatic heterocycles. The van der Waals surface area contributed by atoms with Gasteiger partial charge in [0.05, 0.1) is 11.6 Å². The molecule has 0 aliphatic carbocycles. The molecule has 1 saturated heterocycles. The minimum Gasteiger partial charge on any atom is -0.481 e. The molecule has 0 saturated carbocycles. The van der Waals surface area contributed by atoms with Gasteiger partial charge in [-0.25, -0.2) is 0 Å². The zero-order valence-electron chi connectivity index (χ0n) is 16.6. The highest BCUT2D eigenvalue weighted by atomic mass is 19.4. The molecule has 3 nitrogen and oxygen atoms in total. The van der Waals surface area contributed by atoms with Crippen molar-refractivity contribution in [2.45, 2.75) is 51.2 Å². The molecule has 2 atom stereocenters. The standard InChI is InChI=1S/C23H26F3NO2/c1-15(2)17-5-9-20(10-6-17)27-12-11-16(14-22(28)29)13-21(27)18-3-7-19(8-4-18)23(24,25)26/h3-10,15-16,21H,11-14H2,1-2H3,(H,28,29)/t16-,21-/m1/s1. The Morgan fingerprint density at radius 2 is 1.72 bits per heavy atom. The monoisotopic (exact) mass is 405 g/mol. The largest absolute Gasteiger partial charge is 0.481 e. The van der Waals surface area contributed by atoms with Crippen molar-refractivity contribution >= 4 is 11.7 Å². The number of hydrogen-bond donors (Lipinski definition) is 1. The van der Waals surface area contributed by atoms with E-state index in [1.807, 2.05) is 12.1 Å². The first-order valence-corrected chi connectivity index (χ1v) is 9.90. The highest BCUT2D eigenvalue weighted by molar-refractivity contribution is 5.67. The molecule has 0 aromatic heterocycles. The van der Waals surface area contributed by atoms with E-state index in [0.29, 0.717) is 18.9 Å². The fraction of sp³-hybridized carbons (Fsp3) is 0.435. The summed E-state index contributed by atoms with van der Waals surface area (Å²) in [5, 5.41) is 9.18. The second-order valence-corrected chi connectivity index (χ2v) is 8.06. The van der Waals surface area contributed by atoms with Gasteiger partial charge in [0.1, 0.15) is 0 Å². The first-order chi connectivity index (χ1) is 13.6. The summed E-state index contributed by atoms with van der Waals surface area (Å²) in [6.45, 7) is 4.92. The first kappa shape index (κ1) is 21.2. The molecule has 3 rings (SSSR count). The summed E-state index contributed by atoms with van der Waals surface area (Å²) in [4.78, 5) is 13.4. The molecule has 1 fully saturated rings. The molecule has 156 valence electrons. The molecule has 1 aliphatic rings. The Balaban J connectivity index is 1.90. The van der Waals surface area contributed by atoms with Crippen molar-refractivity contribution in [2.24, 2.45) is 5.92 Å². The Kier molecular flexibility index (Phi) is 6.20. The van der Waals surface area contributed by atoms with E-state index in [4.69, 9.17) is 0 Å². The lowest BCUT2D eigenvalue weighted by molar-refractivity contribution is -0.139.